The van der Waals surface area contributed by atoms with E-state index in [9.17, 15) is 0 Å². The Morgan fingerprint density at radius 3 is 2.57 bits per heavy atom. The summed E-state index contributed by atoms with van der Waals surface area (Å²) < 4.78 is 5.95. The van der Waals surface area contributed by atoms with E-state index in [1.807, 2.05) is 24.3 Å². The van der Waals surface area contributed by atoms with Crippen LogP contribution in [0, 0.1) is 0 Å². The fourth-order valence-electron chi connectivity index (χ4n) is 2.57. The van der Waals surface area contributed by atoms with Gasteiger partial charge in [0.15, 0.2) is 5.11 Å². The maximum Gasteiger partial charge on any atom is 0.170 e. The van der Waals surface area contributed by atoms with Crippen LogP contribution in [0.1, 0.15) is 51.9 Å². The highest BCUT2D eigenvalue weighted by Gasteiger charge is 2.16. The molecular weight excluding hydrogens is 280 g/mol. The lowest BCUT2D eigenvalue weighted by atomic mass is 10.2. The van der Waals surface area contributed by atoms with Gasteiger partial charge in [-0.2, -0.15) is 0 Å². The van der Waals surface area contributed by atoms with Gasteiger partial charge in [-0.3, -0.25) is 0 Å². The summed E-state index contributed by atoms with van der Waals surface area (Å²) in [6.45, 7) is 3.13. The van der Waals surface area contributed by atoms with E-state index in [0.717, 1.165) is 24.4 Å². The van der Waals surface area contributed by atoms with E-state index in [1.54, 1.807) is 0 Å². The number of benzene rings is 1. The molecule has 2 N–H and O–H groups in total. The summed E-state index contributed by atoms with van der Waals surface area (Å²) in [6.07, 6.45) is 8.99. The number of ether oxygens (including phenoxy) is 1. The fourth-order valence-corrected chi connectivity index (χ4v) is 2.79. The lowest BCUT2D eigenvalue weighted by Gasteiger charge is -2.14. The second-order valence-electron chi connectivity index (χ2n) is 5.64. The van der Waals surface area contributed by atoms with E-state index in [0.29, 0.717) is 11.2 Å². The molecule has 2 rings (SSSR count). The van der Waals surface area contributed by atoms with Gasteiger partial charge >= 0.3 is 0 Å². The Kier molecular flexibility index (Phi) is 6.80. The summed E-state index contributed by atoms with van der Waals surface area (Å²) in [6, 6.07) is 8.06. The number of hydrogen-bond acceptors (Lipinski definition) is 2. The number of rotatable bonds is 7. The first-order valence-corrected chi connectivity index (χ1v) is 8.50. The molecule has 0 saturated heterocycles. The van der Waals surface area contributed by atoms with Crippen molar-refractivity contribution in [2.24, 2.45) is 0 Å². The third-order valence-corrected chi connectivity index (χ3v) is 4.03. The van der Waals surface area contributed by atoms with Crippen LogP contribution in [0.15, 0.2) is 24.3 Å². The van der Waals surface area contributed by atoms with E-state index in [2.05, 4.69) is 17.6 Å². The molecule has 116 valence electrons. The molecule has 0 heterocycles. The SMILES string of the molecule is CCCCCNC(=S)Nc1ccc(OC2CCCC2)cc1. The summed E-state index contributed by atoms with van der Waals surface area (Å²) in [7, 11) is 0. The van der Waals surface area contributed by atoms with Crippen molar-refractivity contribution in [3.63, 3.8) is 0 Å². The first-order chi connectivity index (χ1) is 10.3. The largest absolute Gasteiger partial charge is 0.490 e. The Bertz CT molecular complexity index is 427. The molecule has 0 spiro atoms. The van der Waals surface area contributed by atoms with Gasteiger partial charge in [-0.15, -0.1) is 0 Å². The molecular formula is C17H26N2OS. The van der Waals surface area contributed by atoms with Crippen LogP contribution in [0.3, 0.4) is 0 Å². The molecule has 0 aromatic heterocycles. The van der Waals surface area contributed by atoms with Crippen molar-refractivity contribution in [3.05, 3.63) is 24.3 Å². The smallest absolute Gasteiger partial charge is 0.170 e. The lowest BCUT2D eigenvalue weighted by Crippen LogP contribution is -2.29. The molecule has 0 amide bonds. The average Bonchev–Trinajstić information content (AvgIpc) is 2.99. The van der Waals surface area contributed by atoms with Crippen LogP contribution in [-0.2, 0) is 0 Å². The van der Waals surface area contributed by atoms with E-state index in [4.69, 9.17) is 17.0 Å². The maximum atomic E-state index is 5.95. The first kappa shape index (κ1) is 16.1. The fraction of sp³-hybridized carbons (Fsp3) is 0.588. The molecule has 1 aliphatic carbocycles. The predicted molar refractivity (Wildman–Crippen MR) is 93.1 cm³/mol. The normalized spacial score (nSPS) is 14.9. The minimum Gasteiger partial charge on any atom is -0.490 e. The zero-order chi connectivity index (χ0) is 14.9. The molecule has 0 bridgehead atoms. The Morgan fingerprint density at radius 1 is 1.19 bits per heavy atom. The Labute approximate surface area is 133 Å². The summed E-state index contributed by atoms with van der Waals surface area (Å²) in [5.41, 5.74) is 1.00. The molecule has 0 atom stereocenters. The number of thiocarbonyl (C=S) groups is 1. The van der Waals surface area contributed by atoms with Gasteiger partial charge in [0, 0.05) is 12.2 Å². The lowest BCUT2D eigenvalue weighted by molar-refractivity contribution is 0.210. The standard InChI is InChI=1S/C17H26N2OS/c1-2-3-6-13-18-17(21)19-14-9-11-16(12-10-14)20-15-7-4-5-8-15/h9-12,15H,2-8,13H2,1H3,(H2,18,19,21). The van der Waals surface area contributed by atoms with Gasteiger partial charge in [-0.05, 0) is 68.6 Å². The van der Waals surface area contributed by atoms with Crippen LogP contribution in [-0.4, -0.2) is 17.8 Å². The monoisotopic (exact) mass is 306 g/mol. The van der Waals surface area contributed by atoms with Crippen molar-refractivity contribution in [3.8, 4) is 5.75 Å². The number of hydrogen-bond donors (Lipinski definition) is 2. The second kappa shape index (κ2) is 8.88. The third kappa shape index (κ3) is 5.92. The topological polar surface area (TPSA) is 33.3 Å². The van der Waals surface area contributed by atoms with Crippen molar-refractivity contribution in [1.82, 2.24) is 5.32 Å². The molecule has 0 unspecified atom stereocenters. The van der Waals surface area contributed by atoms with Crippen molar-refractivity contribution in [1.29, 1.82) is 0 Å². The van der Waals surface area contributed by atoms with Gasteiger partial charge < -0.3 is 15.4 Å². The van der Waals surface area contributed by atoms with Crippen LogP contribution in [0.5, 0.6) is 5.75 Å². The molecule has 21 heavy (non-hydrogen) atoms. The molecule has 1 aliphatic rings. The quantitative estimate of drug-likeness (QED) is 0.574. The van der Waals surface area contributed by atoms with E-state index < -0.39 is 0 Å². The minimum absolute atomic E-state index is 0.408. The van der Waals surface area contributed by atoms with Crippen LogP contribution in [0.25, 0.3) is 0 Å². The highest BCUT2D eigenvalue weighted by molar-refractivity contribution is 7.80. The van der Waals surface area contributed by atoms with Gasteiger partial charge in [-0.1, -0.05) is 19.8 Å². The van der Waals surface area contributed by atoms with E-state index in [-0.39, 0.29) is 0 Å². The van der Waals surface area contributed by atoms with E-state index >= 15 is 0 Å². The Morgan fingerprint density at radius 2 is 1.90 bits per heavy atom. The molecule has 0 aliphatic heterocycles. The number of nitrogens with one attached hydrogen (secondary N) is 2. The van der Waals surface area contributed by atoms with Crippen LogP contribution in [0.4, 0.5) is 5.69 Å². The molecule has 1 aromatic rings. The Hall–Kier alpha value is -1.29. The Balaban J connectivity index is 1.72. The van der Waals surface area contributed by atoms with Crippen LogP contribution in [0.2, 0.25) is 0 Å². The molecule has 1 aromatic carbocycles. The van der Waals surface area contributed by atoms with Gasteiger partial charge in [-0.25, -0.2) is 0 Å². The number of unbranched alkanes of at least 4 members (excludes halogenated alkanes) is 2. The molecule has 1 fully saturated rings. The molecule has 4 heteroatoms. The highest BCUT2D eigenvalue weighted by atomic mass is 32.1. The van der Waals surface area contributed by atoms with E-state index in [1.165, 1.54) is 38.5 Å². The predicted octanol–water partition coefficient (Wildman–Crippen LogP) is 4.48. The van der Waals surface area contributed by atoms with Crippen molar-refractivity contribution >= 4 is 23.0 Å². The summed E-state index contributed by atoms with van der Waals surface area (Å²) >= 11 is 5.28. The third-order valence-electron chi connectivity index (χ3n) is 3.78. The molecule has 0 radical (unpaired) electrons. The first-order valence-electron chi connectivity index (χ1n) is 8.09. The van der Waals surface area contributed by atoms with Gasteiger partial charge in [0.1, 0.15) is 5.75 Å². The maximum absolute atomic E-state index is 5.95. The minimum atomic E-state index is 0.408. The summed E-state index contributed by atoms with van der Waals surface area (Å²) in [5, 5.41) is 7.12. The van der Waals surface area contributed by atoms with Gasteiger partial charge in [0.2, 0.25) is 0 Å². The number of anilines is 1. The summed E-state index contributed by atoms with van der Waals surface area (Å²) in [4.78, 5) is 0. The molecule has 3 nitrogen and oxygen atoms in total. The van der Waals surface area contributed by atoms with Crippen LogP contribution >= 0.6 is 12.2 Å². The van der Waals surface area contributed by atoms with Gasteiger partial charge in [0.05, 0.1) is 6.10 Å². The molecule has 1 saturated carbocycles. The zero-order valence-corrected chi connectivity index (χ0v) is 13.7. The summed E-state index contributed by atoms with van der Waals surface area (Å²) in [5.74, 6) is 0.953. The van der Waals surface area contributed by atoms with Gasteiger partial charge in [0.25, 0.3) is 0 Å². The zero-order valence-electron chi connectivity index (χ0n) is 12.9. The second-order valence-corrected chi connectivity index (χ2v) is 6.04. The average molecular weight is 306 g/mol. The van der Waals surface area contributed by atoms with Crippen LogP contribution < -0.4 is 15.4 Å². The van der Waals surface area contributed by atoms with Crippen molar-refractivity contribution in [2.45, 2.75) is 58.0 Å². The highest BCUT2D eigenvalue weighted by Crippen LogP contribution is 2.24. The van der Waals surface area contributed by atoms with Crippen molar-refractivity contribution < 1.29 is 4.74 Å². The van der Waals surface area contributed by atoms with Crippen molar-refractivity contribution in [2.75, 3.05) is 11.9 Å².